The average Bonchev–Trinajstić information content (AvgIpc) is 2.87. The molecule has 0 radical (unpaired) electrons. The van der Waals surface area contributed by atoms with Gasteiger partial charge in [-0.2, -0.15) is 0 Å². The van der Waals surface area contributed by atoms with E-state index in [1.165, 1.54) is 23.0 Å². The van der Waals surface area contributed by atoms with Gasteiger partial charge in [0.05, 0.1) is 10.6 Å². The zero-order chi connectivity index (χ0) is 25.4. The smallest absolute Gasteiger partial charge is 0.264 e. The highest BCUT2D eigenvalue weighted by Crippen LogP contribution is 2.42. The minimum Gasteiger partial charge on any atom is -0.365 e. The number of hydrogen-bond acceptors (Lipinski definition) is 4. The first-order chi connectivity index (χ1) is 17.3. The molecule has 0 N–H and O–H groups in total. The lowest BCUT2D eigenvalue weighted by atomic mass is 10.1. The van der Waals surface area contributed by atoms with E-state index in [0.29, 0.717) is 23.6 Å². The van der Waals surface area contributed by atoms with Crippen molar-refractivity contribution in [2.45, 2.75) is 31.7 Å². The SMILES string of the molecule is Cc1cccc(N2CCN(C(=O)c3ccc4c(c3)N(C)C(=O)/C(=C/c3ccccc3C)S4)C[C@H]2C)c1. The lowest BCUT2D eigenvalue weighted by Gasteiger charge is -2.41. The Morgan fingerprint density at radius 1 is 1.00 bits per heavy atom. The number of nitrogens with zero attached hydrogens (tertiary/aromatic N) is 3. The number of aryl methyl sites for hydroxylation is 2. The highest BCUT2D eigenvalue weighted by atomic mass is 32.2. The summed E-state index contributed by atoms with van der Waals surface area (Å²) in [6.45, 7) is 8.44. The van der Waals surface area contributed by atoms with Crippen molar-refractivity contribution in [1.29, 1.82) is 0 Å². The van der Waals surface area contributed by atoms with Gasteiger partial charge in [0.1, 0.15) is 0 Å². The standard InChI is InChI=1S/C30H31N3O2S/c1-20-8-7-11-25(16-20)33-15-14-32(19-22(33)3)29(34)24-12-13-27-26(17-24)31(4)30(35)28(36-27)18-23-10-6-5-9-21(23)2/h5-13,16-18,22H,14-15,19H2,1-4H3/b28-18-/t22-/m1/s1. The molecule has 2 aliphatic heterocycles. The minimum absolute atomic E-state index is 0.0145. The second-order valence-corrected chi connectivity index (χ2v) is 10.7. The summed E-state index contributed by atoms with van der Waals surface area (Å²) in [5, 5.41) is 0. The van der Waals surface area contributed by atoms with E-state index in [0.717, 1.165) is 28.3 Å². The van der Waals surface area contributed by atoms with Crippen LogP contribution in [0.2, 0.25) is 0 Å². The van der Waals surface area contributed by atoms with Crippen LogP contribution in [0, 0.1) is 13.8 Å². The van der Waals surface area contributed by atoms with Crippen LogP contribution in [0.4, 0.5) is 11.4 Å². The molecule has 1 saturated heterocycles. The van der Waals surface area contributed by atoms with E-state index in [-0.39, 0.29) is 17.9 Å². The van der Waals surface area contributed by atoms with Gasteiger partial charge in [0.25, 0.3) is 11.8 Å². The molecule has 5 rings (SSSR count). The minimum atomic E-state index is -0.0549. The Morgan fingerprint density at radius 3 is 2.56 bits per heavy atom. The molecule has 1 fully saturated rings. The van der Waals surface area contributed by atoms with Crippen molar-refractivity contribution in [2.75, 3.05) is 36.5 Å². The predicted octanol–water partition coefficient (Wildman–Crippen LogP) is 5.76. The predicted molar refractivity (Wildman–Crippen MR) is 149 cm³/mol. The van der Waals surface area contributed by atoms with Crippen molar-refractivity contribution >= 4 is 41.0 Å². The molecule has 3 aromatic carbocycles. The molecule has 0 spiro atoms. The van der Waals surface area contributed by atoms with Gasteiger partial charge in [0.2, 0.25) is 0 Å². The number of rotatable bonds is 3. The molecule has 5 nitrogen and oxygen atoms in total. The fourth-order valence-electron chi connectivity index (χ4n) is 4.93. The molecule has 0 aliphatic carbocycles. The van der Waals surface area contributed by atoms with E-state index in [4.69, 9.17) is 0 Å². The lowest BCUT2D eigenvalue weighted by molar-refractivity contribution is -0.114. The summed E-state index contributed by atoms with van der Waals surface area (Å²) in [5.41, 5.74) is 6.01. The molecule has 2 heterocycles. The lowest BCUT2D eigenvalue weighted by Crippen LogP contribution is -2.53. The van der Waals surface area contributed by atoms with E-state index in [2.05, 4.69) is 43.0 Å². The molecule has 0 saturated carbocycles. The number of amides is 2. The summed E-state index contributed by atoms with van der Waals surface area (Å²) in [6, 6.07) is 22.5. The summed E-state index contributed by atoms with van der Waals surface area (Å²) in [6.07, 6.45) is 1.95. The van der Waals surface area contributed by atoms with Crippen molar-refractivity contribution in [3.8, 4) is 0 Å². The fraction of sp³-hybridized carbons (Fsp3) is 0.267. The molecule has 0 aromatic heterocycles. The van der Waals surface area contributed by atoms with Gasteiger partial charge in [0, 0.05) is 48.9 Å². The molecular formula is C30H31N3O2S. The molecule has 3 aromatic rings. The van der Waals surface area contributed by atoms with Crippen LogP contribution in [0.25, 0.3) is 6.08 Å². The van der Waals surface area contributed by atoms with Crippen LogP contribution in [-0.4, -0.2) is 49.4 Å². The third-order valence-electron chi connectivity index (χ3n) is 7.03. The summed E-state index contributed by atoms with van der Waals surface area (Å²) >= 11 is 1.47. The van der Waals surface area contributed by atoms with Crippen molar-refractivity contribution in [2.24, 2.45) is 0 Å². The normalized spacial score (nSPS) is 19.0. The van der Waals surface area contributed by atoms with Gasteiger partial charge >= 0.3 is 0 Å². The van der Waals surface area contributed by atoms with Gasteiger partial charge in [-0.25, -0.2) is 0 Å². The molecule has 2 amide bonds. The maximum atomic E-state index is 13.4. The molecule has 6 heteroatoms. The van der Waals surface area contributed by atoms with Crippen molar-refractivity contribution in [3.63, 3.8) is 0 Å². The monoisotopic (exact) mass is 497 g/mol. The molecule has 184 valence electrons. The molecule has 0 bridgehead atoms. The Morgan fingerprint density at radius 2 is 1.81 bits per heavy atom. The maximum absolute atomic E-state index is 13.4. The number of hydrogen-bond donors (Lipinski definition) is 0. The molecule has 2 aliphatic rings. The third-order valence-corrected chi connectivity index (χ3v) is 8.10. The van der Waals surface area contributed by atoms with Crippen LogP contribution in [-0.2, 0) is 4.79 Å². The van der Waals surface area contributed by atoms with Gasteiger partial charge in [0.15, 0.2) is 0 Å². The van der Waals surface area contributed by atoms with E-state index < -0.39 is 0 Å². The second-order valence-electron chi connectivity index (χ2n) is 9.65. The number of piperazine rings is 1. The number of anilines is 2. The van der Waals surface area contributed by atoms with Gasteiger partial charge in [-0.05, 0) is 73.9 Å². The highest BCUT2D eigenvalue weighted by molar-refractivity contribution is 8.04. The number of carbonyl (C=O) groups is 2. The Labute approximate surface area is 217 Å². The van der Waals surface area contributed by atoms with Crippen LogP contribution in [0.3, 0.4) is 0 Å². The zero-order valence-electron chi connectivity index (χ0n) is 21.2. The van der Waals surface area contributed by atoms with Crippen molar-refractivity contribution < 1.29 is 9.59 Å². The van der Waals surface area contributed by atoms with E-state index in [1.807, 2.05) is 60.4 Å². The largest absolute Gasteiger partial charge is 0.365 e. The Bertz CT molecular complexity index is 1370. The Kier molecular flexibility index (Phi) is 6.63. The zero-order valence-corrected chi connectivity index (χ0v) is 22.0. The molecular weight excluding hydrogens is 466 g/mol. The van der Waals surface area contributed by atoms with Crippen LogP contribution in [0.1, 0.15) is 34.0 Å². The van der Waals surface area contributed by atoms with Crippen LogP contribution < -0.4 is 9.80 Å². The first kappa shape index (κ1) is 24.2. The number of likely N-dealkylation sites (N-methyl/N-ethyl adjacent to an activating group) is 1. The van der Waals surface area contributed by atoms with E-state index in [9.17, 15) is 9.59 Å². The highest BCUT2D eigenvalue weighted by Gasteiger charge is 2.30. The summed E-state index contributed by atoms with van der Waals surface area (Å²) in [7, 11) is 1.78. The third kappa shape index (κ3) is 4.65. The summed E-state index contributed by atoms with van der Waals surface area (Å²) < 4.78 is 0. The van der Waals surface area contributed by atoms with Gasteiger partial charge < -0.3 is 14.7 Å². The number of carbonyl (C=O) groups excluding carboxylic acids is 2. The van der Waals surface area contributed by atoms with Gasteiger partial charge in [-0.15, -0.1) is 0 Å². The van der Waals surface area contributed by atoms with E-state index >= 15 is 0 Å². The summed E-state index contributed by atoms with van der Waals surface area (Å²) in [4.78, 5) is 34.2. The van der Waals surface area contributed by atoms with Crippen LogP contribution >= 0.6 is 11.8 Å². The summed E-state index contributed by atoms with van der Waals surface area (Å²) in [5.74, 6) is -0.0404. The van der Waals surface area contributed by atoms with E-state index in [1.54, 1.807) is 11.9 Å². The number of fused-ring (bicyclic) bond motifs is 1. The van der Waals surface area contributed by atoms with Gasteiger partial charge in [-0.3, -0.25) is 9.59 Å². The number of thioether (sulfide) groups is 1. The quantitative estimate of drug-likeness (QED) is 0.431. The van der Waals surface area contributed by atoms with Crippen molar-refractivity contribution in [3.05, 3.63) is 93.9 Å². The van der Waals surface area contributed by atoms with Crippen molar-refractivity contribution in [1.82, 2.24) is 4.90 Å². The number of benzene rings is 3. The maximum Gasteiger partial charge on any atom is 0.264 e. The molecule has 0 unspecified atom stereocenters. The Balaban J connectivity index is 1.34. The second kappa shape index (κ2) is 9.86. The first-order valence-corrected chi connectivity index (χ1v) is 13.1. The van der Waals surface area contributed by atoms with Crippen LogP contribution in [0.15, 0.2) is 76.5 Å². The molecule has 1 atom stereocenters. The average molecular weight is 498 g/mol. The fourth-order valence-corrected chi connectivity index (χ4v) is 6.02. The van der Waals surface area contributed by atoms with Gasteiger partial charge in [-0.1, -0.05) is 48.2 Å². The molecule has 36 heavy (non-hydrogen) atoms. The first-order valence-electron chi connectivity index (χ1n) is 12.3. The topological polar surface area (TPSA) is 43.9 Å². The Hall–Kier alpha value is -3.51. The van der Waals surface area contributed by atoms with Crippen LogP contribution in [0.5, 0.6) is 0 Å².